The molecule has 0 aliphatic carbocycles. The smallest absolute Gasteiger partial charge is 0.347 e. The molecule has 1 aromatic carbocycles. The Labute approximate surface area is 142 Å². The zero-order valence-electron chi connectivity index (χ0n) is 14.7. The van der Waals surface area contributed by atoms with Crippen LogP contribution in [0, 0.1) is 6.92 Å². The van der Waals surface area contributed by atoms with Gasteiger partial charge in [-0.3, -0.25) is 4.79 Å². The number of hydrogen-bond acceptors (Lipinski definition) is 4. The van der Waals surface area contributed by atoms with Gasteiger partial charge in [0, 0.05) is 6.42 Å². The molecular formula is C20H24O4. The van der Waals surface area contributed by atoms with Gasteiger partial charge in [0.05, 0.1) is 12.0 Å². The van der Waals surface area contributed by atoms with Gasteiger partial charge in [0.1, 0.15) is 5.60 Å². The molecule has 128 valence electrons. The van der Waals surface area contributed by atoms with E-state index in [1.807, 2.05) is 31.2 Å². The lowest BCUT2D eigenvalue weighted by Gasteiger charge is -2.35. The average Bonchev–Trinajstić information content (AvgIpc) is 2.73. The van der Waals surface area contributed by atoms with Crippen LogP contribution < -0.4 is 0 Å². The second-order valence-corrected chi connectivity index (χ2v) is 7.72. The summed E-state index contributed by atoms with van der Waals surface area (Å²) in [6.07, 6.45) is 0.608. The Hall–Kier alpha value is -1.94. The molecular weight excluding hydrogens is 304 g/mol. The monoisotopic (exact) mass is 328 g/mol. The molecule has 3 atom stereocenters. The molecule has 24 heavy (non-hydrogen) atoms. The molecule has 0 N–H and O–H groups in total. The highest BCUT2D eigenvalue weighted by molar-refractivity contribution is 6.10. The molecule has 4 nitrogen and oxygen atoms in total. The van der Waals surface area contributed by atoms with Gasteiger partial charge in [-0.25, -0.2) is 4.79 Å². The largest absolute Gasteiger partial charge is 0.457 e. The summed E-state index contributed by atoms with van der Waals surface area (Å²) in [5.74, 6) is -1.31. The molecule has 3 rings (SSSR count). The highest BCUT2D eigenvalue weighted by Crippen LogP contribution is 2.52. The van der Waals surface area contributed by atoms with E-state index in [1.54, 1.807) is 20.8 Å². The molecule has 1 aromatic rings. The number of carbonyl (C=O) groups excluding carboxylic acids is 2. The van der Waals surface area contributed by atoms with Crippen LogP contribution in [0.5, 0.6) is 0 Å². The number of benzene rings is 1. The lowest BCUT2D eigenvalue weighted by molar-refractivity contribution is -0.190. The van der Waals surface area contributed by atoms with Crippen molar-refractivity contribution in [1.82, 2.24) is 0 Å². The zero-order valence-corrected chi connectivity index (χ0v) is 14.7. The summed E-state index contributed by atoms with van der Waals surface area (Å²) in [5, 5.41) is 0. The van der Waals surface area contributed by atoms with Crippen molar-refractivity contribution in [3.63, 3.8) is 0 Å². The number of ketones is 1. The Balaban J connectivity index is 2.10. The third-order valence-corrected chi connectivity index (χ3v) is 4.68. The Morgan fingerprint density at radius 2 is 1.92 bits per heavy atom. The van der Waals surface area contributed by atoms with E-state index < -0.39 is 23.1 Å². The van der Waals surface area contributed by atoms with Crippen molar-refractivity contribution < 1.29 is 19.1 Å². The maximum atomic E-state index is 13.0. The normalized spacial score (nSPS) is 29.7. The number of ether oxygens (including phenoxy) is 2. The minimum absolute atomic E-state index is 0.211. The van der Waals surface area contributed by atoms with Crippen LogP contribution in [0.3, 0.4) is 0 Å². The second-order valence-electron chi connectivity index (χ2n) is 7.72. The summed E-state index contributed by atoms with van der Waals surface area (Å²) in [7, 11) is 0. The summed E-state index contributed by atoms with van der Waals surface area (Å²) in [6.45, 7) is 11.5. The maximum Gasteiger partial charge on any atom is 0.347 e. The molecule has 2 heterocycles. The van der Waals surface area contributed by atoms with Gasteiger partial charge in [-0.1, -0.05) is 36.4 Å². The summed E-state index contributed by atoms with van der Waals surface area (Å²) in [6, 6.07) is 7.82. The SMILES string of the molecule is C=C1[C@H]2CCC(=O)[C@](C(=O)OC(C)(C)C)(O2)[C@@H]1c1ccc(C)cc1. The van der Waals surface area contributed by atoms with Crippen LogP contribution in [0.1, 0.15) is 50.7 Å². The Kier molecular flexibility index (Phi) is 3.91. The highest BCUT2D eigenvalue weighted by atomic mass is 16.6. The molecule has 2 bridgehead atoms. The van der Waals surface area contributed by atoms with Crippen LogP contribution in [-0.4, -0.2) is 29.1 Å². The van der Waals surface area contributed by atoms with Crippen molar-refractivity contribution >= 4 is 11.8 Å². The summed E-state index contributed by atoms with van der Waals surface area (Å²) >= 11 is 0. The van der Waals surface area contributed by atoms with E-state index in [-0.39, 0.29) is 11.9 Å². The van der Waals surface area contributed by atoms with Crippen LogP contribution in [0.4, 0.5) is 0 Å². The van der Waals surface area contributed by atoms with Crippen molar-refractivity contribution in [1.29, 1.82) is 0 Å². The fraction of sp³-hybridized carbons (Fsp3) is 0.500. The lowest BCUT2D eigenvalue weighted by Crippen LogP contribution is -2.54. The van der Waals surface area contributed by atoms with Gasteiger partial charge >= 0.3 is 5.97 Å². The van der Waals surface area contributed by atoms with Gasteiger partial charge in [0.2, 0.25) is 5.60 Å². The third-order valence-electron chi connectivity index (χ3n) is 4.68. The maximum absolute atomic E-state index is 13.0. The Morgan fingerprint density at radius 3 is 2.50 bits per heavy atom. The first kappa shape index (κ1) is 16.9. The minimum Gasteiger partial charge on any atom is -0.457 e. The van der Waals surface area contributed by atoms with Crippen molar-refractivity contribution in [2.24, 2.45) is 0 Å². The average molecular weight is 328 g/mol. The number of aryl methyl sites for hydroxylation is 1. The molecule has 0 amide bonds. The highest BCUT2D eigenvalue weighted by Gasteiger charge is 2.64. The van der Waals surface area contributed by atoms with Gasteiger partial charge < -0.3 is 9.47 Å². The van der Waals surface area contributed by atoms with Gasteiger partial charge in [0.15, 0.2) is 5.78 Å². The van der Waals surface area contributed by atoms with E-state index in [9.17, 15) is 9.59 Å². The van der Waals surface area contributed by atoms with Gasteiger partial charge in [-0.2, -0.15) is 0 Å². The lowest BCUT2D eigenvalue weighted by atomic mass is 9.77. The molecule has 0 spiro atoms. The summed E-state index contributed by atoms with van der Waals surface area (Å²) in [4.78, 5) is 25.8. The minimum atomic E-state index is -1.59. The number of fused-ring (bicyclic) bond motifs is 2. The predicted octanol–water partition coefficient (Wildman–Crippen LogP) is 3.48. The van der Waals surface area contributed by atoms with E-state index in [4.69, 9.17) is 9.47 Å². The Morgan fingerprint density at radius 1 is 1.29 bits per heavy atom. The standard InChI is InChI=1S/C20H24O4/c1-12-6-8-14(9-7-12)17-13(2)15-10-11-16(21)20(17,23-15)18(22)24-19(3,4)5/h6-9,15,17H,2,10-11H2,1,3-5H3/t15-,17+,20+/m1/s1. The first-order valence-electron chi connectivity index (χ1n) is 8.35. The summed E-state index contributed by atoms with van der Waals surface area (Å²) in [5.41, 5.74) is 0.487. The van der Waals surface area contributed by atoms with Crippen LogP contribution in [0.25, 0.3) is 0 Å². The van der Waals surface area contributed by atoms with Gasteiger partial charge in [-0.05, 0) is 45.3 Å². The first-order chi connectivity index (χ1) is 11.1. The number of rotatable bonds is 2. The predicted molar refractivity (Wildman–Crippen MR) is 90.8 cm³/mol. The fourth-order valence-corrected chi connectivity index (χ4v) is 3.58. The molecule has 0 saturated carbocycles. The number of Topliss-reactive ketones (excluding diaryl/α,β-unsaturated/α-hetero) is 1. The van der Waals surface area contributed by atoms with Crippen molar-refractivity contribution in [2.45, 2.75) is 63.8 Å². The molecule has 0 radical (unpaired) electrons. The quantitative estimate of drug-likeness (QED) is 0.474. The van der Waals surface area contributed by atoms with Crippen molar-refractivity contribution in [3.05, 3.63) is 47.5 Å². The van der Waals surface area contributed by atoms with Gasteiger partial charge in [-0.15, -0.1) is 0 Å². The van der Waals surface area contributed by atoms with Crippen molar-refractivity contribution in [2.75, 3.05) is 0 Å². The van der Waals surface area contributed by atoms with E-state index in [1.165, 1.54) is 0 Å². The molecule has 2 fully saturated rings. The molecule has 4 heteroatoms. The number of esters is 1. The number of hydrogen-bond donors (Lipinski definition) is 0. The Bertz CT molecular complexity index is 695. The van der Waals surface area contributed by atoms with Crippen LogP contribution in [-0.2, 0) is 19.1 Å². The van der Waals surface area contributed by atoms with E-state index in [0.29, 0.717) is 12.8 Å². The molecule has 2 saturated heterocycles. The topological polar surface area (TPSA) is 52.6 Å². The molecule has 0 aromatic heterocycles. The van der Waals surface area contributed by atoms with E-state index in [2.05, 4.69) is 6.58 Å². The van der Waals surface area contributed by atoms with Crippen LogP contribution in [0.2, 0.25) is 0 Å². The van der Waals surface area contributed by atoms with Crippen molar-refractivity contribution in [3.8, 4) is 0 Å². The zero-order chi connectivity index (χ0) is 17.7. The molecule has 2 aliphatic heterocycles. The van der Waals surface area contributed by atoms with Crippen LogP contribution >= 0.6 is 0 Å². The summed E-state index contributed by atoms with van der Waals surface area (Å²) < 4.78 is 11.6. The third kappa shape index (κ3) is 2.59. The molecule has 2 aliphatic rings. The molecule has 0 unspecified atom stereocenters. The van der Waals surface area contributed by atoms with E-state index in [0.717, 1.165) is 16.7 Å². The fourth-order valence-electron chi connectivity index (χ4n) is 3.58. The first-order valence-corrected chi connectivity index (χ1v) is 8.35. The van der Waals surface area contributed by atoms with Gasteiger partial charge in [0.25, 0.3) is 0 Å². The number of carbonyl (C=O) groups is 2. The van der Waals surface area contributed by atoms with Crippen LogP contribution in [0.15, 0.2) is 36.4 Å². The van der Waals surface area contributed by atoms with E-state index >= 15 is 0 Å². The second kappa shape index (κ2) is 5.55.